The van der Waals surface area contributed by atoms with Gasteiger partial charge in [0.15, 0.2) is 0 Å². The van der Waals surface area contributed by atoms with Crippen molar-refractivity contribution in [3.8, 4) is 0 Å². The Morgan fingerprint density at radius 2 is 1.59 bits per heavy atom. The average molecular weight is 360 g/mol. The lowest BCUT2D eigenvalue weighted by Gasteiger charge is -2.31. The zero-order valence-corrected chi connectivity index (χ0v) is 15.4. The van der Waals surface area contributed by atoms with Gasteiger partial charge in [0.05, 0.1) is 13.2 Å². The van der Waals surface area contributed by atoms with Crippen LogP contribution in [0.1, 0.15) is 18.4 Å². The van der Waals surface area contributed by atoms with E-state index >= 15 is 0 Å². The summed E-state index contributed by atoms with van der Waals surface area (Å²) in [5.74, 6) is -0.000784. The predicted octanol–water partition coefficient (Wildman–Crippen LogP) is 4.09. The molecule has 4 nitrogen and oxygen atoms in total. The monoisotopic (exact) mass is 360 g/mol. The van der Waals surface area contributed by atoms with E-state index in [9.17, 15) is 4.79 Å². The Morgan fingerprint density at radius 3 is 2.30 bits per heavy atom. The first-order chi connectivity index (χ1) is 13.3. The van der Waals surface area contributed by atoms with Crippen molar-refractivity contribution in [1.29, 1.82) is 0 Å². The maximum absolute atomic E-state index is 13.0. The third kappa shape index (κ3) is 4.12. The quantitative estimate of drug-likeness (QED) is 0.893. The van der Waals surface area contributed by atoms with Crippen molar-refractivity contribution in [2.45, 2.75) is 12.8 Å². The molecule has 1 aliphatic carbocycles. The SMILES string of the molecule is O=C(Nc1ccccc1)C1=C(N2CCOCC2)C(=Cc2ccccc2)CC1. The van der Waals surface area contributed by atoms with Crippen LogP contribution in [-0.4, -0.2) is 37.1 Å². The number of hydrogen-bond acceptors (Lipinski definition) is 3. The summed E-state index contributed by atoms with van der Waals surface area (Å²) in [7, 11) is 0. The van der Waals surface area contributed by atoms with Crippen LogP contribution < -0.4 is 5.32 Å². The van der Waals surface area contributed by atoms with Crippen molar-refractivity contribution < 1.29 is 9.53 Å². The van der Waals surface area contributed by atoms with Crippen LogP contribution in [0.4, 0.5) is 5.69 Å². The number of benzene rings is 2. The maximum Gasteiger partial charge on any atom is 0.253 e. The summed E-state index contributed by atoms with van der Waals surface area (Å²) in [6, 6.07) is 20.0. The largest absolute Gasteiger partial charge is 0.378 e. The van der Waals surface area contributed by atoms with Gasteiger partial charge < -0.3 is 15.0 Å². The van der Waals surface area contributed by atoms with Crippen LogP contribution in [0.25, 0.3) is 6.08 Å². The van der Waals surface area contributed by atoms with Gasteiger partial charge in [-0.05, 0) is 42.2 Å². The summed E-state index contributed by atoms with van der Waals surface area (Å²) in [6.07, 6.45) is 3.87. The number of para-hydroxylation sites is 1. The summed E-state index contributed by atoms with van der Waals surface area (Å²) >= 11 is 0. The van der Waals surface area contributed by atoms with Gasteiger partial charge in [0.2, 0.25) is 0 Å². The van der Waals surface area contributed by atoms with Crippen molar-refractivity contribution in [1.82, 2.24) is 4.90 Å². The summed E-state index contributed by atoms with van der Waals surface area (Å²) < 4.78 is 5.52. The molecule has 1 heterocycles. The first-order valence-corrected chi connectivity index (χ1v) is 9.49. The van der Waals surface area contributed by atoms with Crippen molar-refractivity contribution in [3.05, 3.63) is 83.1 Å². The third-order valence-corrected chi connectivity index (χ3v) is 5.01. The molecule has 0 unspecified atom stereocenters. The van der Waals surface area contributed by atoms with E-state index < -0.39 is 0 Å². The number of rotatable bonds is 4. The molecule has 2 aromatic carbocycles. The topological polar surface area (TPSA) is 41.6 Å². The lowest BCUT2D eigenvalue weighted by molar-refractivity contribution is -0.113. The highest BCUT2D eigenvalue weighted by Gasteiger charge is 2.29. The Hall–Kier alpha value is -2.85. The fourth-order valence-electron chi connectivity index (χ4n) is 3.71. The summed E-state index contributed by atoms with van der Waals surface area (Å²) in [4.78, 5) is 15.3. The van der Waals surface area contributed by atoms with E-state index in [4.69, 9.17) is 4.74 Å². The highest BCUT2D eigenvalue weighted by Crippen LogP contribution is 2.36. The van der Waals surface area contributed by atoms with Crippen molar-refractivity contribution >= 4 is 17.7 Å². The highest BCUT2D eigenvalue weighted by molar-refractivity contribution is 6.05. The lowest BCUT2D eigenvalue weighted by Crippen LogP contribution is -2.36. The van der Waals surface area contributed by atoms with E-state index in [1.807, 2.05) is 48.5 Å². The minimum Gasteiger partial charge on any atom is -0.378 e. The molecule has 4 rings (SSSR count). The Kier molecular flexibility index (Phi) is 5.35. The smallest absolute Gasteiger partial charge is 0.253 e. The standard InChI is InChI=1S/C23H24N2O2/c26-23(24-20-9-5-2-6-10-20)21-12-11-19(17-18-7-3-1-4-8-18)22(21)25-13-15-27-16-14-25/h1-10,17H,11-16H2,(H,24,26). The van der Waals surface area contributed by atoms with E-state index in [1.165, 1.54) is 11.1 Å². The molecule has 0 atom stereocenters. The number of ether oxygens (including phenoxy) is 1. The number of carbonyl (C=O) groups is 1. The second-order valence-corrected chi connectivity index (χ2v) is 6.83. The van der Waals surface area contributed by atoms with Gasteiger partial charge in [0.1, 0.15) is 0 Å². The van der Waals surface area contributed by atoms with Gasteiger partial charge in [-0.3, -0.25) is 4.79 Å². The molecule has 1 aliphatic heterocycles. The van der Waals surface area contributed by atoms with Crippen LogP contribution in [0.5, 0.6) is 0 Å². The van der Waals surface area contributed by atoms with Gasteiger partial charge >= 0.3 is 0 Å². The minimum atomic E-state index is -0.000784. The van der Waals surface area contributed by atoms with Gasteiger partial charge in [-0.25, -0.2) is 0 Å². The number of hydrogen-bond donors (Lipinski definition) is 1. The van der Waals surface area contributed by atoms with E-state index in [0.717, 1.165) is 42.9 Å². The molecule has 0 bridgehead atoms. The number of amides is 1. The zero-order chi connectivity index (χ0) is 18.5. The van der Waals surface area contributed by atoms with Crippen LogP contribution in [0.2, 0.25) is 0 Å². The zero-order valence-electron chi connectivity index (χ0n) is 15.4. The fraction of sp³-hybridized carbons (Fsp3) is 0.261. The molecular weight excluding hydrogens is 336 g/mol. The number of nitrogens with one attached hydrogen (secondary N) is 1. The van der Waals surface area contributed by atoms with Crippen LogP contribution in [-0.2, 0) is 9.53 Å². The van der Waals surface area contributed by atoms with Crippen LogP contribution in [0, 0.1) is 0 Å². The normalized spacial score (nSPS) is 18.8. The van der Waals surface area contributed by atoms with Gasteiger partial charge in [0, 0.05) is 30.0 Å². The summed E-state index contributed by atoms with van der Waals surface area (Å²) in [6.45, 7) is 3.05. The number of carbonyl (C=O) groups excluding carboxylic acids is 1. The maximum atomic E-state index is 13.0. The molecule has 2 aromatic rings. The number of anilines is 1. The van der Waals surface area contributed by atoms with E-state index in [1.54, 1.807) is 0 Å². The molecule has 1 saturated heterocycles. The molecule has 0 aromatic heterocycles. The Labute approximate surface area is 160 Å². The first-order valence-electron chi connectivity index (χ1n) is 9.49. The lowest BCUT2D eigenvalue weighted by atomic mass is 10.1. The van der Waals surface area contributed by atoms with Crippen LogP contribution >= 0.6 is 0 Å². The molecule has 2 aliphatic rings. The minimum absolute atomic E-state index is 0.000784. The van der Waals surface area contributed by atoms with Crippen LogP contribution in [0.3, 0.4) is 0 Å². The van der Waals surface area contributed by atoms with E-state index in [0.29, 0.717) is 13.2 Å². The van der Waals surface area contributed by atoms with Crippen molar-refractivity contribution in [3.63, 3.8) is 0 Å². The summed E-state index contributed by atoms with van der Waals surface area (Å²) in [5.41, 5.74) is 5.21. The molecule has 138 valence electrons. The second kappa shape index (κ2) is 8.23. The highest BCUT2D eigenvalue weighted by atomic mass is 16.5. The average Bonchev–Trinajstić information content (AvgIpc) is 3.14. The molecular formula is C23H24N2O2. The van der Waals surface area contributed by atoms with Gasteiger partial charge in [-0.15, -0.1) is 0 Å². The van der Waals surface area contributed by atoms with E-state index in [2.05, 4.69) is 28.4 Å². The predicted molar refractivity (Wildman–Crippen MR) is 108 cm³/mol. The molecule has 27 heavy (non-hydrogen) atoms. The number of morpholine rings is 1. The fourth-order valence-corrected chi connectivity index (χ4v) is 3.71. The Balaban J connectivity index is 1.67. The Bertz CT molecular complexity index is 850. The van der Waals surface area contributed by atoms with E-state index in [-0.39, 0.29) is 5.91 Å². The molecule has 0 radical (unpaired) electrons. The molecule has 0 saturated carbocycles. The van der Waals surface area contributed by atoms with Crippen molar-refractivity contribution in [2.24, 2.45) is 0 Å². The van der Waals surface area contributed by atoms with Gasteiger partial charge in [0.25, 0.3) is 5.91 Å². The second-order valence-electron chi connectivity index (χ2n) is 6.83. The van der Waals surface area contributed by atoms with Gasteiger partial charge in [-0.1, -0.05) is 48.5 Å². The number of nitrogens with zero attached hydrogens (tertiary/aromatic N) is 1. The molecule has 1 fully saturated rings. The first kappa shape index (κ1) is 17.6. The van der Waals surface area contributed by atoms with Crippen LogP contribution in [0.15, 0.2) is 77.5 Å². The van der Waals surface area contributed by atoms with Gasteiger partial charge in [-0.2, -0.15) is 0 Å². The molecule has 1 amide bonds. The third-order valence-electron chi connectivity index (χ3n) is 5.01. The Morgan fingerprint density at radius 1 is 0.926 bits per heavy atom. The number of allylic oxidation sites excluding steroid dienone is 1. The van der Waals surface area contributed by atoms with Crippen molar-refractivity contribution in [2.75, 3.05) is 31.6 Å². The molecule has 0 spiro atoms. The summed E-state index contributed by atoms with van der Waals surface area (Å²) in [5, 5.41) is 3.06. The molecule has 1 N–H and O–H groups in total. The molecule has 4 heteroatoms.